The van der Waals surface area contributed by atoms with Crippen LogP contribution in [0.15, 0.2) is 36.4 Å². The monoisotopic (exact) mass is 364 g/mol. The van der Waals surface area contributed by atoms with Crippen LogP contribution >= 0.6 is 15.9 Å². The van der Waals surface area contributed by atoms with Gasteiger partial charge in [-0.05, 0) is 36.2 Å². The number of halogens is 6. The zero-order valence-electron chi connectivity index (χ0n) is 10.8. The number of alkyl halides is 4. The molecule has 2 rings (SSSR count). The predicted octanol–water partition coefficient (Wildman–Crippen LogP) is 5.78. The van der Waals surface area contributed by atoms with Crippen LogP contribution in [0.25, 0.3) is 0 Å². The van der Waals surface area contributed by atoms with E-state index in [4.69, 9.17) is 0 Å². The maximum absolute atomic E-state index is 13.9. The second-order valence-corrected chi connectivity index (χ2v) is 5.49. The van der Waals surface area contributed by atoms with Crippen LogP contribution < -0.4 is 0 Å². The van der Waals surface area contributed by atoms with Gasteiger partial charge in [0.05, 0.1) is 10.4 Å². The van der Waals surface area contributed by atoms with Crippen molar-refractivity contribution in [2.75, 3.05) is 0 Å². The first-order valence-electron chi connectivity index (χ1n) is 5.97. The maximum atomic E-state index is 13.9. The van der Waals surface area contributed by atoms with Gasteiger partial charge < -0.3 is 0 Å². The lowest BCUT2D eigenvalue weighted by atomic mass is 9.98. The third-order valence-corrected chi connectivity index (χ3v) is 4.08. The fraction of sp³-hybridized carbons (Fsp3) is 0.200. The number of hydrogen-bond acceptors (Lipinski definition) is 0. The standard InChI is InChI=1S/C15H10BrF5/c1-8-6-13(18)10(7-12(8)17)14(16)9-4-2-3-5-11(9)15(19,20)21/h2-7,14H,1H3. The highest BCUT2D eigenvalue weighted by Crippen LogP contribution is 2.41. The summed E-state index contributed by atoms with van der Waals surface area (Å²) in [5.74, 6) is -1.42. The van der Waals surface area contributed by atoms with E-state index < -0.39 is 28.2 Å². The smallest absolute Gasteiger partial charge is 0.207 e. The number of benzene rings is 2. The van der Waals surface area contributed by atoms with Crippen LogP contribution in [0.1, 0.15) is 27.1 Å². The van der Waals surface area contributed by atoms with Gasteiger partial charge in [-0.25, -0.2) is 8.78 Å². The van der Waals surface area contributed by atoms with E-state index in [-0.39, 0.29) is 16.7 Å². The number of hydrogen-bond donors (Lipinski definition) is 0. The SMILES string of the molecule is Cc1cc(F)c(C(Br)c2ccccc2C(F)(F)F)cc1F. The molecule has 0 N–H and O–H groups in total. The molecule has 0 amide bonds. The first-order chi connectivity index (χ1) is 9.71. The Morgan fingerprint density at radius 1 is 0.952 bits per heavy atom. The minimum Gasteiger partial charge on any atom is -0.207 e. The molecule has 6 heteroatoms. The Bertz CT molecular complexity index is 664. The average Bonchev–Trinajstić information content (AvgIpc) is 2.41. The van der Waals surface area contributed by atoms with Crippen molar-refractivity contribution in [3.63, 3.8) is 0 Å². The van der Waals surface area contributed by atoms with Crippen LogP contribution in [0.5, 0.6) is 0 Å². The summed E-state index contributed by atoms with van der Waals surface area (Å²) in [5.41, 5.74) is -1.12. The fourth-order valence-corrected chi connectivity index (χ4v) is 2.75. The Morgan fingerprint density at radius 3 is 2.19 bits per heavy atom. The van der Waals surface area contributed by atoms with Gasteiger partial charge in [-0.3, -0.25) is 0 Å². The molecule has 0 radical (unpaired) electrons. The molecule has 1 unspecified atom stereocenters. The normalized spacial score (nSPS) is 13.3. The molecule has 0 saturated heterocycles. The number of rotatable bonds is 2. The molecular weight excluding hydrogens is 355 g/mol. The first kappa shape index (κ1) is 15.9. The lowest BCUT2D eigenvalue weighted by molar-refractivity contribution is -0.138. The predicted molar refractivity (Wildman–Crippen MR) is 73.3 cm³/mol. The van der Waals surface area contributed by atoms with Crippen LogP contribution in [-0.4, -0.2) is 0 Å². The van der Waals surface area contributed by atoms with Gasteiger partial charge in [-0.2, -0.15) is 13.2 Å². The van der Waals surface area contributed by atoms with Crippen LogP contribution in [-0.2, 0) is 6.18 Å². The van der Waals surface area contributed by atoms with Crippen molar-refractivity contribution >= 4 is 15.9 Å². The van der Waals surface area contributed by atoms with E-state index in [1.54, 1.807) is 0 Å². The molecule has 0 aromatic heterocycles. The molecular formula is C15H10BrF5. The summed E-state index contributed by atoms with van der Waals surface area (Å²) < 4.78 is 66.4. The topological polar surface area (TPSA) is 0 Å². The molecule has 0 spiro atoms. The van der Waals surface area contributed by atoms with Crippen molar-refractivity contribution in [1.29, 1.82) is 0 Å². The van der Waals surface area contributed by atoms with Gasteiger partial charge in [0.1, 0.15) is 11.6 Å². The Morgan fingerprint density at radius 2 is 1.57 bits per heavy atom. The molecule has 21 heavy (non-hydrogen) atoms. The largest absolute Gasteiger partial charge is 0.416 e. The number of aryl methyl sites for hydroxylation is 1. The van der Waals surface area contributed by atoms with Crippen molar-refractivity contribution in [1.82, 2.24) is 0 Å². The van der Waals surface area contributed by atoms with Gasteiger partial charge in [0.15, 0.2) is 0 Å². The molecule has 0 aliphatic rings. The summed E-state index contributed by atoms with van der Waals surface area (Å²) in [6.45, 7) is 1.38. The van der Waals surface area contributed by atoms with Gasteiger partial charge in [-0.1, -0.05) is 34.1 Å². The molecule has 0 fully saturated rings. The van der Waals surface area contributed by atoms with E-state index in [1.807, 2.05) is 0 Å². The first-order valence-corrected chi connectivity index (χ1v) is 6.89. The minimum atomic E-state index is -4.57. The van der Waals surface area contributed by atoms with Crippen LogP contribution in [0.3, 0.4) is 0 Å². The molecule has 0 heterocycles. The molecule has 0 saturated carbocycles. The van der Waals surface area contributed by atoms with E-state index in [0.29, 0.717) is 0 Å². The Labute approximate surface area is 126 Å². The Balaban J connectivity index is 2.56. The van der Waals surface area contributed by atoms with E-state index in [9.17, 15) is 22.0 Å². The molecule has 2 aromatic rings. The summed E-state index contributed by atoms with van der Waals surface area (Å²) in [7, 11) is 0. The Hall–Kier alpha value is -1.43. The van der Waals surface area contributed by atoms with E-state index >= 15 is 0 Å². The van der Waals surface area contributed by atoms with Crippen LogP contribution in [0.2, 0.25) is 0 Å². The van der Waals surface area contributed by atoms with E-state index in [0.717, 1.165) is 18.2 Å². The van der Waals surface area contributed by atoms with Crippen LogP contribution in [0.4, 0.5) is 22.0 Å². The van der Waals surface area contributed by atoms with E-state index in [1.165, 1.54) is 25.1 Å². The third-order valence-electron chi connectivity index (χ3n) is 3.09. The van der Waals surface area contributed by atoms with Crippen LogP contribution in [0, 0.1) is 18.6 Å². The van der Waals surface area contributed by atoms with Crippen molar-refractivity contribution in [3.05, 3.63) is 70.3 Å². The van der Waals surface area contributed by atoms with Gasteiger partial charge in [0, 0.05) is 5.56 Å². The van der Waals surface area contributed by atoms with Gasteiger partial charge >= 0.3 is 6.18 Å². The molecule has 0 nitrogen and oxygen atoms in total. The average molecular weight is 365 g/mol. The summed E-state index contributed by atoms with van der Waals surface area (Å²) in [4.78, 5) is -1.09. The summed E-state index contributed by atoms with van der Waals surface area (Å²) in [6.07, 6.45) is -4.57. The third kappa shape index (κ3) is 3.26. The molecule has 0 aliphatic heterocycles. The molecule has 112 valence electrons. The summed E-state index contributed by atoms with van der Waals surface area (Å²) in [6, 6.07) is 6.69. The van der Waals surface area contributed by atoms with Crippen molar-refractivity contribution < 1.29 is 22.0 Å². The van der Waals surface area contributed by atoms with Gasteiger partial charge in [0.25, 0.3) is 0 Å². The van der Waals surface area contributed by atoms with E-state index in [2.05, 4.69) is 15.9 Å². The molecule has 0 aliphatic carbocycles. The summed E-state index contributed by atoms with van der Waals surface area (Å²) in [5, 5.41) is 0. The highest BCUT2D eigenvalue weighted by atomic mass is 79.9. The minimum absolute atomic E-state index is 0.0973. The molecule has 2 aromatic carbocycles. The fourth-order valence-electron chi connectivity index (χ4n) is 2.00. The second-order valence-electron chi connectivity index (χ2n) is 4.57. The van der Waals surface area contributed by atoms with Gasteiger partial charge in [-0.15, -0.1) is 0 Å². The van der Waals surface area contributed by atoms with Crippen molar-refractivity contribution in [2.24, 2.45) is 0 Å². The van der Waals surface area contributed by atoms with Crippen molar-refractivity contribution in [3.8, 4) is 0 Å². The van der Waals surface area contributed by atoms with Gasteiger partial charge in [0.2, 0.25) is 0 Å². The maximum Gasteiger partial charge on any atom is 0.416 e. The zero-order valence-corrected chi connectivity index (χ0v) is 12.4. The summed E-state index contributed by atoms with van der Waals surface area (Å²) >= 11 is 3.04. The lowest BCUT2D eigenvalue weighted by Gasteiger charge is -2.18. The molecule has 0 bridgehead atoms. The quantitative estimate of drug-likeness (QED) is 0.468. The highest BCUT2D eigenvalue weighted by molar-refractivity contribution is 9.09. The Kier molecular flexibility index (Phi) is 4.37. The highest BCUT2D eigenvalue weighted by Gasteiger charge is 2.35. The molecule has 1 atom stereocenters. The lowest BCUT2D eigenvalue weighted by Crippen LogP contribution is -2.11. The zero-order chi connectivity index (χ0) is 15.8. The second kappa shape index (κ2) is 5.75. The van der Waals surface area contributed by atoms with Crippen molar-refractivity contribution in [2.45, 2.75) is 17.9 Å².